The van der Waals surface area contributed by atoms with Crippen molar-refractivity contribution in [2.45, 2.75) is 50.1 Å². The molecular weight excluding hydrogens is 547 g/mol. The van der Waals surface area contributed by atoms with E-state index in [9.17, 15) is 14.7 Å². The number of hydrogen-bond acceptors (Lipinski definition) is 6. The summed E-state index contributed by atoms with van der Waals surface area (Å²) in [6.07, 6.45) is 5.56. The molecule has 0 radical (unpaired) electrons. The quantitative estimate of drug-likeness (QED) is 0.239. The lowest BCUT2D eigenvalue weighted by Gasteiger charge is -2.46. The largest absolute Gasteiger partial charge is 0.393 e. The number of thiazole rings is 1. The van der Waals surface area contributed by atoms with Crippen molar-refractivity contribution in [3.8, 4) is 0 Å². The molecule has 0 bridgehead atoms. The van der Waals surface area contributed by atoms with Crippen molar-refractivity contribution < 1.29 is 19.3 Å². The molecule has 31 heavy (non-hydrogen) atoms. The Morgan fingerprint density at radius 1 is 1.52 bits per heavy atom. The summed E-state index contributed by atoms with van der Waals surface area (Å²) in [4.78, 5) is 29.0. The van der Waals surface area contributed by atoms with Gasteiger partial charge in [-0.2, -0.15) is 4.40 Å². The van der Waals surface area contributed by atoms with Crippen LogP contribution >= 0.6 is 45.7 Å². The third-order valence-corrected chi connectivity index (χ3v) is 9.65. The summed E-state index contributed by atoms with van der Waals surface area (Å²) >= 11 is 5.29. The Labute approximate surface area is 203 Å². The summed E-state index contributed by atoms with van der Waals surface area (Å²) in [5.41, 5.74) is 0.548. The van der Waals surface area contributed by atoms with Crippen molar-refractivity contribution in [2.75, 3.05) is 6.54 Å². The standard InChI is InChI=1S/C21H26IN4O3S2/c1-10-17-16(11(2)27)21(29)26(17)18(20(22)28)19(10)31-13-6-12(23-8-13)7-14-24(3)9-15-25(14)4-5-30-15/h4-5,9-13,16-17,23,27H,6-8H2,1-3H3/q+1/t10-,11-,12+,13+,16-,17-/m1/s1. The lowest BCUT2D eigenvalue weighted by molar-refractivity contribution is -0.677. The molecule has 5 rings (SSSR count). The van der Waals surface area contributed by atoms with Crippen LogP contribution in [-0.4, -0.2) is 54.1 Å². The number of carbonyl (C=O) groups is 2. The van der Waals surface area contributed by atoms with Crippen LogP contribution in [0.15, 0.2) is 28.4 Å². The molecule has 2 fully saturated rings. The molecule has 2 saturated heterocycles. The number of amides is 1. The van der Waals surface area contributed by atoms with E-state index < -0.39 is 12.0 Å². The van der Waals surface area contributed by atoms with Crippen LogP contribution in [-0.2, 0) is 23.1 Å². The molecule has 10 heteroatoms. The number of allylic oxidation sites excluding steroid dienone is 1. The number of thioether (sulfide) groups is 1. The molecule has 5 heterocycles. The molecule has 0 spiro atoms. The summed E-state index contributed by atoms with van der Waals surface area (Å²) < 4.78 is 4.37. The maximum atomic E-state index is 12.6. The monoisotopic (exact) mass is 573 g/mol. The van der Waals surface area contributed by atoms with Crippen LogP contribution in [0.4, 0.5) is 0 Å². The molecule has 6 atom stereocenters. The van der Waals surface area contributed by atoms with Crippen molar-refractivity contribution in [3.05, 3.63) is 34.2 Å². The Kier molecular flexibility index (Phi) is 5.73. The number of aromatic nitrogens is 2. The van der Waals surface area contributed by atoms with Crippen molar-refractivity contribution in [1.82, 2.24) is 14.6 Å². The first-order valence-corrected chi connectivity index (χ1v) is 13.4. The highest BCUT2D eigenvalue weighted by Gasteiger charge is 2.59. The van der Waals surface area contributed by atoms with Crippen LogP contribution in [0, 0.1) is 11.8 Å². The highest BCUT2D eigenvalue weighted by Crippen LogP contribution is 2.52. The van der Waals surface area contributed by atoms with E-state index in [2.05, 4.69) is 46.0 Å². The Morgan fingerprint density at radius 3 is 3.00 bits per heavy atom. The summed E-state index contributed by atoms with van der Waals surface area (Å²) in [6.45, 7) is 4.64. The molecule has 2 N–H and O–H groups in total. The Morgan fingerprint density at radius 2 is 2.29 bits per heavy atom. The fourth-order valence-electron chi connectivity index (χ4n) is 5.34. The second kappa shape index (κ2) is 8.12. The van der Waals surface area contributed by atoms with Crippen LogP contribution in [0.2, 0.25) is 0 Å². The molecule has 2 aromatic heterocycles. The Hall–Kier alpha value is -0.950. The van der Waals surface area contributed by atoms with Crippen LogP contribution in [0.25, 0.3) is 4.83 Å². The molecule has 0 aliphatic carbocycles. The number of nitrogens with one attached hydrogen (secondary N) is 1. The molecule has 0 aromatic carbocycles. The van der Waals surface area contributed by atoms with E-state index in [0.717, 1.165) is 24.3 Å². The van der Waals surface area contributed by atoms with E-state index in [0.29, 0.717) is 17.0 Å². The van der Waals surface area contributed by atoms with Gasteiger partial charge in [0.05, 0.1) is 31.5 Å². The predicted octanol–water partition coefficient (Wildman–Crippen LogP) is 1.86. The summed E-state index contributed by atoms with van der Waals surface area (Å²) in [5, 5.41) is 16.2. The second-order valence-electron chi connectivity index (χ2n) is 8.79. The molecule has 3 aliphatic heterocycles. The van der Waals surface area contributed by atoms with Gasteiger partial charge in [0.2, 0.25) is 14.5 Å². The van der Waals surface area contributed by atoms with Crippen molar-refractivity contribution >= 4 is 60.2 Å². The number of rotatable bonds is 6. The molecule has 3 aliphatic rings. The first-order chi connectivity index (χ1) is 14.8. The van der Waals surface area contributed by atoms with Crippen LogP contribution in [0.1, 0.15) is 26.1 Å². The molecule has 7 nitrogen and oxygen atoms in total. The van der Waals surface area contributed by atoms with E-state index in [4.69, 9.17) is 0 Å². The summed E-state index contributed by atoms with van der Waals surface area (Å²) in [7, 11) is 2.10. The fraction of sp³-hybridized carbons (Fsp3) is 0.571. The van der Waals surface area contributed by atoms with Gasteiger partial charge in [0.15, 0.2) is 0 Å². The van der Waals surface area contributed by atoms with Gasteiger partial charge in [-0.1, -0.05) is 18.3 Å². The number of carbonyl (C=O) groups excluding carboxylic acids is 2. The van der Waals surface area contributed by atoms with E-state index in [1.165, 1.54) is 10.7 Å². The van der Waals surface area contributed by atoms with Gasteiger partial charge in [-0.05, 0) is 13.3 Å². The first-order valence-electron chi connectivity index (χ1n) is 10.6. The zero-order valence-corrected chi connectivity index (χ0v) is 21.4. The maximum absolute atomic E-state index is 12.6. The number of aryl methyl sites for hydroxylation is 1. The normalized spacial score (nSPS) is 31.5. The van der Waals surface area contributed by atoms with E-state index >= 15 is 0 Å². The number of hydrogen-bond donors (Lipinski definition) is 2. The average molecular weight is 574 g/mol. The zero-order chi connectivity index (χ0) is 22.0. The van der Waals surface area contributed by atoms with Gasteiger partial charge < -0.3 is 15.3 Å². The van der Waals surface area contributed by atoms with Crippen LogP contribution < -0.4 is 9.88 Å². The van der Waals surface area contributed by atoms with Crippen LogP contribution in [0.5, 0.6) is 0 Å². The van der Waals surface area contributed by atoms with Gasteiger partial charge >= 0.3 is 0 Å². The third-order valence-electron chi connectivity index (χ3n) is 6.82. The molecule has 2 aromatic rings. The highest BCUT2D eigenvalue weighted by atomic mass is 127. The number of fused-ring (bicyclic) bond motifs is 2. The van der Waals surface area contributed by atoms with Gasteiger partial charge in [0, 0.05) is 56.6 Å². The van der Waals surface area contributed by atoms with Crippen molar-refractivity contribution in [2.24, 2.45) is 18.9 Å². The van der Waals surface area contributed by atoms with Gasteiger partial charge in [0.1, 0.15) is 18.1 Å². The summed E-state index contributed by atoms with van der Waals surface area (Å²) in [6, 6.07) is 0.280. The number of imidazole rings is 1. The lowest BCUT2D eigenvalue weighted by atomic mass is 9.79. The minimum absolute atomic E-state index is 0.0731. The topological polar surface area (TPSA) is 77.9 Å². The Balaban J connectivity index is 1.31. The van der Waals surface area contributed by atoms with E-state index in [1.807, 2.05) is 0 Å². The third kappa shape index (κ3) is 3.49. The summed E-state index contributed by atoms with van der Waals surface area (Å²) in [5.74, 6) is 0.829. The van der Waals surface area contributed by atoms with E-state index in [1.54, 1.807) is 57.5 Å². The minimum Gasteiger partial charge on any atom is -0.393 e. The SMILES string of the molecule is C[C@@H](O)[C@H]1C(=O)N2C(C(=O)I)=C(S[C@@H]3CN[C@H](Cc4n5ccsc5c[n+]4C)C3)[C@H](C)[C@H]12. The molecule has 0 saturated carbocycles. The number of aliphatic hydroxyl groups excluding tert-OH is 1. The number of halogens is 1. The van der Waals surface area contributed by atoms with Gasteiger partial charge in [0.25, 0.3) is 5.82 Å². The van der Waals surface area contributed by atoms with E-state index in [-0.39, 0.29) is 21.7 Å². The fourth-order valence-corrected chi connectivity index (χ4v) is 8.42. The minimum atomic E-state index is -0.694. The van der Waals surface area contributed by atoms with Crippen LogP contribution in [0.3, 0.4) is 0 Å². The van der Waals surface area contributed by atoms with Gasteiger partial charge in [-0.15, -0.1) is 11.8 Å². The van der Waals surface area contributed by atoms with Gasteiger partial charge in [-0.25, -0.2) is 4.57 Å². The maximum Gasteiger partial charge on any atom is 0.263 e. The smallest absolute Gasteiger partial charge is 0.263 e. The second-order valence-corrected chi connectivity index (χ2v) is 12.0. The molecule has 0 unspecified atom stereocenters. The average Bonchev–Trinajstić information content (AvgIpc) is 3.43. The number of nitrogens with zero attached hydrogens (tertiary/aromatic N) is 3. The first kappa shape index (κ1) is 21.9. The molecule has 166 valence electrons. The number of aliphatic hydroxyl groups is 1. The van der Waals surface area contributed by atoms with Crippen molar-refractivity contribution in [1.29, 1.82) is 0 Å². The zero-order valence-electron chi connectivity index (χ0n) is 17.6. The van der Waals surface area contributed by atoms with Gasteiger partial charge in [-0.3, -0.25) is 9.59 Å². The molecule has 1 amide bonds. The lowest BCUT2D eigenvalue weighted by Crippen LogP contribution is -2.63. The predicted molar refractivity (Wildman–Crippen MR) is 129 cm³/mol. The highest BCUT2D eigenvalue weighted by molar-refractivity contribution is 14.1. The number of β-lactam (4-membered cyclic amide) rings is 1. The van der Waals surface area contributed by atoms with Crippen molar-refractivity contribution in [3.63, 3.8) is 0 Å². The Bertz CT molecular complexity index is 1090. The molecular formula is C21H26IN4O3S2+.